The molecule has 0 aliphatic rings. The molecule has 5 nitrogen and oxygen atoms in total. The van der Waals surface area contributed by atoms with Gasteiger partial charge in [-0.2, -0.15) is 0 Å². The first-order valence-electron chi connectivity index (χ1n) is 4.18. The van der Waals surface area contributed by atoms with Crippen LogP contribution in [0.3, 0.4) is 0 Å². The maximum Gasteiger partial charge on any atom is 0.490 e. The summed E-state index contributed by atoms with van der Waals surface area (Å²) in [6, 6.07) is 1.54. The molecular formula is C8H7BClN3O2. The van der Waals surface area contributed by atoms with Crippen LogP contribution in [0.1, 0.15) is 0 Å². The third-order valence-corrected chi connectivity index (χ3v) is 2.21. The lowest BCUT2D eigenvalue weighted by Gasteiger charge is -2.06. The molecule has 0 fully saturated rings. The molecule has 76 valence electrons. The Hall–Kier alpha value is -1.37. The predicted octanol–water partition coefficient (Wildman–Crippen LogP) is -0.400. The van der Waals surface area contributed by atoms with E-state index in [4.69, 9.17) is 21.6 Å². The van der Waals surface area contributed by atoms with E-state index in [1.165, 1.54) is 6.20 Å². The molecule has 0 radical (unpaired) electrons. The predicted molar refractivity (Wildman–Crippen MR) is 56.2 cm³/mol. The van der Waals surface area contributed by atoms with Gasteiger partial charge < -0.3 is 14.6 Å². The molecule has 0 amide bonds. The largest absolute Gasteiger partial charge is 0.490 e. The summed E-state index contributed by atoms with van der Waals surface area (Å²) >= 11 is 5.87. The molecule has 0 aliphatic carbocycles. The number of hydrogen-bond acceptors (Lipinski definition) is 4. The van der Waals surface area contributed by atoms with Gasteiger partial charge in [-0.05, 0) is 6.07 Å². The number of hydrogen-bond donors (Lipinski definition) is 2. The zero-order valence-electron chi connectivity index (χ0n) is 7.58. The highest BCUT2D eigenvalue weighted by Gasteiger charge is 2.14. The molecule has 2 aromatic heterocycles. The van der Waals surface area contributed by atoms with Crippen molar-refractivity contribution in [1.82, 2.24) is 14.5 Å². The summed E-state index contributed by atoms with van der Waals surface area (Å²) in [4.78, 5) is 7.72. The highest BCUT2D eigenvalue weighted by molar-refractivity contribution is 6.58. The van der Waals surface area contributed by atoms with E-state index < -0.39 is 7.12 Å². The van der Waals surface area contributed by atoms with Crippen LogP contribution in [0.15, 0.2) is 31.0 Å². The SMILES string of the molecule is OB(O)c1cnc(Cl)c(-n2ccnc2)c1. The van der Waals surface area contributed by atoms with Crippen molar-refractivity contribution in [2.75, 3.05) is 0 Å². The number of nitrogens with zero attached hydrogens (tertiary/aromatic N) is 3. The van der Waals surface area contributed by atoms with Crippen LogP contribution >= 0.6 is 11.6 Å². The summed E-state index contributed by atoms with van der Waals surface area (Å²) in [5.74, 6) is 0. The molecular weight excluding hydrogens is 216 g/mol. The third-order valence-electron chi connectivity index (χ3n) is 1.92. The van der Waals surface area contributed by atoms with Gasteiger partial charge in [-0.15, -0.1) is 0 Å². The summed E-state index contributed by atoms with van der Waals surface area (Å²) < 4.78 is 1.64. The lowest BCUT2D eigenvalue weighted by molar-refractivity contribution is 0.425. The number of halogens is 1. The van der Waals surface area contributed by atoms with Gasteiger partial charge in [-0.1, -0.05) is 11.6 Å². The van der Waals surface area contributed by atoms with Gasteiger partial charge >= 0.3 is 7.12 Å². The first-order valence-corrected chi connectivity index (χ1v) is 4.56. The summed E-state index contributed by atoms with van der Waals surface area (Å²) in [6.45, 7) is 0. The molecule has 0 atom stereocenters. The van der Waals surface area contributed by atoms with Gasteiger partial charge in [-0.3, -0.25) is 0 Å². The maximum atomic E-state index is 8.98. The van der Waals surface area contributed by atoms with Gasteiger partial charge in [0.1, 0.15) is 0 Å². The van der Waals surface area contributed by atoms with E-state index in [2.05, 4.69) is 9.97 Å². The Morgan fingerprint density at radius 2 is 2.20 bits per heavy atom. The Morgan fingerprint density at radius 1 is 1.40 bits per heavy atom. The van der Waals surface area contributed by atoms with Crippen molar-refractivity contribution in [1.29, 1.82) is 0 Å². The second-order valence-corrected chi connectivity index (χ2v) is 3.28. The Kier molecular flexibility index (Phi) is 2.72. The summed E-state index contributed by atoms with van der Waals surface area (Å²) in [7, 11) is -1.56. The van der Waals surface area contributed by atoms with Crippen molar-refractivity contribution in [2.24, 2.45) is 0 Å². The van der Waals surface area contributed by atoms with E-state index in [0.717, 1.165) is 0 Å². The Bertz CT molecular complexity index is 461. The van der Waals surface area contributed by atoms with E-state index in [1.54, 1.807) is 29.4 Å². The molecule has 2 N–H and O–H groups in total. The topological polar surface area (TPSA) is 71.2 Å². The van der Waals surface area contributed by atoms with Crippen molar-refractivity contribution in [2.45, 2.75) is 0 Å². The molecule has 7 heteroatoms. The summed E-state index contributed by atoms with van der Waals surface area (Å²) in [5.41, 5.74) is 0.836. The van der Waals surface area contributed by atoms with Gasteiger partial charge in [0.25, 0.3) is 0 Å². The Morgan fingerprint density at radius 3 is 2.80 bits per heavy atom. The summed E-state index contributed by atoms with van der Waals surface area (Å²) in [5, 5.41) is 18.2. The van der Waals surface area contributed by atoms with E-state index in [9.17, 15) is 0 Å². The standard InChI is InChI=1S/C8H7BClN3O2/c10-8-7(13-2-1-11-5-13)3-6(4-12-8)9(14)15/h1-5,14-15H. The zero-order valence-corrected chi connectivity index (χ0v) is 8.33. The van der Waals surface area contributed by atoms with Gasteiger partial charge in [-0.25, -0.2) is 9.97 Å². The first-order chi connectivity index (χ1) is 7.18. The van der Waals surface area contributed by atoms with Gasteiger partial charge in [0.15, 0.2) is 5.15 Å². The Balaban J connectivity index is 2.51. The van der Waals surface area contributed by atoms with E-state index in [1.807, 2.05) is 0 Å². The minimum atomic E-state index is -1.56. The average Bonchev–Trinajstić information content (AvgIpc) is 2.71. The van der Waals surface area contributed by atoms with Crippen LogP contribution < -0.4 is 5.46 Å². The maximum absolute atomic E-state index is 8.98. The number of aromatic nitrogens is 3. The van der Waals surface area contributed by atoms with Gasteiger partial charge in [0.05, 0.1) is 12.0 Å². The fourth-order valence-corrected chi connectivity index (χ4v) is 1.38. The van der Waals surface area contributed by atoms with Crippen molar-refractivity contribution in [3.05, 3.63) is 36.1 Å². The quantitative estimate of drug-likeness (QED) is 0.537. The van der Waals surface area contributed by atoms with Crippen molar-refractivity contribution in [3.63, 3.8) is 0 Å². The molecule has 15 heavy (non-hydrogen) atoms. The molecule has 2 aromatic rings. The molecule has 2 rings (SSSR count). The normalized spacial score (nSPS) is 10.3. The molecule has 0 saturated heterocycles. The molecule has 0 saturated carbocycles. The number of imidazole rings is 1. The molecule has 0 unspecified atom stereocenters. The summed E-state index contributed by atoms with van der Waals surface area (Å²) in [6.07, 6.45) is 6.15. The van der Waals surface area contributed by atoms with E-state index >= 15 is 0 Å². The van der Waals surface area contributed by atoms with Crippen LogP contribution in [-0.4, -0.2) is 31.7 Å². The fraction of sp³-hybridized carbons (Fsp3) is 0. The van der Waals surface area contributed by atoms with Crippen LogP contribution in [0.5, 0.6) is 0 Å². The van der Waals surface area contributed by atoms with Gasteiger partial charge in [0.2, 0.25) is 0 Å². The van der Waals surface area contributed by atoms with Crippen molar-refractivity contribution >= 4 is 24.2 Å². The highest BCUT2D eigenvalue weighted by atomic mass is 35.5. The number of rotatable bonds is 2. The highest BCUT2D eigenvalue weighted by Crippen LogP contribution is 2.15. The molecule has 0 aliphatic heterocycles. The lowest BCUT2D eigenvalue weighted by atomic mass is 9.81. The second kappa shape index (κ2) is 4.02. The van der Waals surface area contributed by atoms with Crippen LogP contribution in [0.2, 0.25) is 5.15 Å². The second-order valence-electron chi connectivity index (χ2n) is 2.92. The monoisotopic (exact) mass is 223 g/mol. The van der Waals surface area contributed by atoms with E-state index in [-0.39, 0.29) is 10.6 Å². The van der Waals surface area contributed by atoms with E-state index in [0.29, 0.717) is 5.69 Å². The molecule has 2 heterocycles. The number of pyridine rings is 1. The van der Waals surface area contributed by atoms with Crippen LogP contribution in [0, 0.1) is 0 Å². The lowest BCUT2D eigenvalue weighted by Crippen LogP contribution is -2.30. The van der Waals surface area contributed by atoms with Crippen molar-refractivity contribution in [3.8, 4) is 5.69 Å². The van der Waals surface area contributed by atoms with Crippen LogP contribution in [-0.2, 0) is 0 Å². The fourth-order valence-electron chi connectivity index (χ4n) is 1.18. The Labute approximate surface area is 91.1 Å². The van der Waals surface area contributed by atoms with Crippen LogP contribution in [0.25, 0.3) is 5.69 Å². The molecule has 0 bridgehead atoms. The smallest absolute Gasteiger partial charge is 0.423 e. The molecule has 0 aromatic carbocycles. The molecule has 0 spiro atoms. The van der Waals surface area contributed by atoms with Gasteiger partial charge in [0, 0.05) is 24.1 Å². The van der Waals surface area contributed by atoms with Crippen molar-refractivity contribution < 1.29 is 10.0 Å². The first kappa shape index (κ1) is 10.2. The minimum absolute atomic E-state index is 0.275. The van der Waals surface area contributed by atoms with Crippen LogP contribution in [0.4, 0.5) is 0 Å². The minimum Gasteiger partial charge on any atom is -0.423 e. The third kappa shape index (κ3) is 2.01. The average molecular weight is 223 g/mol. The zero-order chi connectivity index (χ0) is 10.8.